The van der Waals surface area contributed by atoms with Crippen molar-refractivity contribution in [2.24, 2.45) is 5.41 Å². The van der Waals surface area contributed by atoms with Crippen molar-refractivity contribution in [1.82, 2.24) is 9.80 Å². The average Bonchev–Trinajstić information content (AvgIpc) is 2.58. The Hall–Kier alpha value is -0.570. The summed E-state index contributed by atoms with van der Waals surface area (Å²) < 4.78 is 0. The van der Waals surface area contributed by atoms with Crippen LogP contribution in [0.3, 0.4) is 0 Å². The summed E-state index contributed by atoms with van der Waals surface area (Å²) in [6.45, 7) is 11.9. The van der Waals surface area contributed by atoms with Crippen LogP contribution in [0.25, 0.3) is 0 Å². The van der Waals surface area contributed by atoms with E-state index in [9.17, 15) is 4.79 Å². The quantitative estimate of drug-likeness (QED) is 0.735. The van der Waals surface area contributed by atoms with Gasteiger partial charge in [-0.1, -0.05) is 0 Å². The highest BCUT2D eigenvalue weighted by atomic mass is 16.2. The molecule has 0 bridgehead atoms. The molecule has 0 unspecified atom stereocenters. The van der Waals surface area contributed by atoms with Crippen molar-refractivity contribution in [2.45, 2.75) is 59.0 Å². The molecular weight excluding hydrogens is 212 g/mol. The first-order valence-electron chi connectivity index (χ1n) is 7.01. The largest absolute Gasteiger partial charge is 0.340 e. The number of hydrogen-bond acceptors (Lipinski definition) is 2. The normalized spacial score (nSPS) is 25.5. The molecule has 2 heterocycles. The summed E-state index contributed by atoms with van der Waals surface area (Å²) in [7, 11) is 0. The number of nitrogens with zero attached hydrogens (tertiary/aromatic N) is 2. The summed E-state index contributed by atoms with van der Waals surface area (Å²) in [6.07, 6.45) is 3.20. The molecule has 98 valence electrons. The fourth-order valence-electron chi connectivity index (χ4n) is 3.27. The predicted octanol–water partition coefficient (Wildman–Crippen LogP) is 2.12. The number of hydrogen-bond donors (Lipinski definition) is 0. The maximum absolute atomic E-state index is 12.5. The van der Waals surface area contributed by atoms with Crippen molar-refractivity contribution < 1.29 is 4.79 Å². The lowest BCUT2D eigenvalue weighted by Gasteiger charge is -2.40. The summed E-state index contributed by atoms with van der Waals surface area (Å²) in [4.78, 5) is 17.1. The van der Waals surface area contributed by atoms with E-state index in [4.69, 9.17) is 0 Å². The van der Waals surface area contributed by atoms with Gasteiger partial charge in [0.25, 0.3) is 0 Å². The SMILES string of the molecule is CC(C)N1CCC2(CC1)CCN(C(C)C)C2=O. The van der Waals surface area contributed by atoms with Crippen molar-refractivity contribution in [3.63, 3.8) is 0 Å². The molecule has 0 aliphatic carbocycles. The van der Waals surface area contributed by atoms with Crippen LogP contribution in [-0.2, 0) is 4.79 Å². The number of likely N-dealkylation sites (tertiary alicyclic amines) is 2. The van der Waals surface area contributed by atoms with Gasteiger partial charge in [0.1, 0.15) is 0 Å². The van der Waals surface area contributed by atoms with E-state index in [1.807, 2.05) is 0 Å². The van der Waals surface area contributed by atoms with E-state index in [0.717, 1.165) is 38.9 Å². The van der Waals surface area contributed by atoms with E-state index >= 15 is 0 Å². The molecule has 0 aromatic rings. The number of rotatable bonds is 2. The van der Waals surface area contributed by atoms with Gasteiger partial charge in [0.2, 0.25) is 5.91 Å². The van der Waals surface area contributed by atoms with Crippen LogP contribution < -0.4 is 0 Å². The van der Waals surface area contributed by atoms with E-state index in [0.29, 0.717) is 18.0 Å². The maximum Gasteiger partial charge on any atom is 0.229 e. The lowest BCUT2D eigenvalue weighted by Crippen LogP contribution is -2.47. The highest BCUT2D eigenvalue weighted by Crippen LogP contribution is 2.42. The van der Waals surface area contributed by atoms with Gasteiger partial charge in [-0.15, -0.1) is 0 Å². The Morgan fingerprint density at radius 2 is 1.47 bits per heavy atom. The number of piperidine rings is 1. The van der Waals surface area contributed by atoms with E-state index < -0.39 is 0 Å². The Balaban J connectivity index is 2.02. The standard InChI is InChI=1S/C14H26N2O/c1-11(2)15-8-5-14(6-9-15)7-10-16(12(3)4)13(14)17/h11-12H,5-10H2,1-4H3. The zero-order valence-electron chi connectivity index (χ0n) is 11.7. The molecule has 0 atom stereocenters. The van der Waals surface area contributed by atoms with Gasteiger partial charge >= 0.3 is 0 Å². The van der Waals surface area contributed by atoms with Gasteiger partial charge in [0.15, 0.2) is 0 Å². The molecule has 2 saturated heterocycles. The monoisotopic (exact) mass is 238 g/mol. The van der Waals surface area contributed by atoms with Crippen LogP contribution in [0.15, 0.2) is 0 Å². The Morgan fingerprint density at radius 3 is 1.88 bits per heavy atom. The molecule has 2 rings (SSSR count). The third-order valence-electron chi connectivity index (χ3n) is 4.65. The fraction of sp³-hybridized carbons (Fsp3) is 0.929. The van der Waals surface area contributed by atoms with Gasteiger partial charge in [-0.05, 0) is 60.0 Å². The molecule has 0 saturated carbocycles. The van der Waals surface area contributed by atoms with E-state index in [2.05, 4.69) is 37.5 Å². The van der Waals surface area contributed by atoms with Gasteiger partial charge in [0, 0.05) is 18.6 Å². The van der Waals surface area contributed by atoms with Crippen molar-refractivity contribution in [3.8, 4) is 0 Å². The highest BCUT2D eigenvalue weighted by molar-refractivity contribution is 5.85. The second kappa shape index (κ2) is 4.60. The molecule has 0 aromatic carbocycles. The molecule has 1 amide bonds. The van der Waals surface area contributed by atoms with Crippen molar-refractivity contribution in [2.75, 3.05) is 19.6 Å². The van der Waals surface area contributed by atoms with Gasteiger partial charge < -0.3 is 9.80 Å². The molecule has 3 nitrogen and oxygen atoms in total. The second-order valence-electron chi connectivity index (χ2n) is 6.25. The van der Waals surface area contributed by atoms with Crippen LogP contribution in [-0.4, -0.2) is 47.4 Å². The molecular formula is C14H26N2O. The molecule has 0 aromatic heterocycles. The third-order valence-corrected chi connectivity index (χ3v) is 4.65. The zero-order valence-corrected chi connectivity index (χ0v) is 11.7. The van der Waals surface area contributed by atoms with Crippen LogP contribution in [0.4, 0.5) is 0 Å². The van der Waals surface area contributed by atoms with Gasteiger partial charge in [-0.3, -0.25) is 4.79 Å². The third kappa shape index (κ3) is 2.22. The average molecular weight is 238 g/mol. The Kier molecular flexibility index (Phi) is 3.48. The van der Waals surface area contributed by atoms with Gasteiger partial charge in [-0.2, -0.15) is 0 Å². The fourth-order valence-corrected chi connectivity index (χ4v) is 3.27. The molecule has 0 N–H and O–H groups in total. The Labute approximate surface area is 105 Å². The van der Waals surface area contributed by atoms with Gasteiger partial charge in [0.05, 0.1) is 5.41 Å². The highest BCUT2D eigenvalue weighted by Gasteiger charge is 2.48. The van der Waals surface area contributed by atoms with E-state index in [-0.39, 0.29) is 5.41 Å². The molecule has 2 aliphatic heterocycles. The summed E-state index contributed by atoms with van der Waals surface area (Å²) in [5.74, 6) is 0.427. The molecule has 0 radical (unpaired) electrons. The summed E-state index contributed by atoms with van der Waals surface area (Å²) in [6, 6.07) is 0.982. The maximum atomic E-state index is 12.5. The number of amides is 1. The molecule has 1 spiro atoms. The Morgan fingerprint density at radius 1 is 0.941 bits per heavy atom. The van der Waals surface area contributed by atoms with E-state index in [1.165, 1.54) is 0 Å². The van der Waals surface area contributed by atoms with E-state index in [1.54, 1.807) is 0 Å². The van der Waals surface area contributed by atoms with Crippen LogP contribution in [0.2, 0.25) is 0 Å². The first-order chi connectivity index (χ1) is 7.96. The zero-order chi connectivity index (χ0) is 12.6. The smallest absolute Gasteiger partial charge is 0.229 e. The van der Waals surface area contributed by atoms with Crippen molar-refractivity contribution in [3.05, 3.63) is 0 Å². The molecule has 3 heteroatoms. The summed E-state index contributed by atoms with van der Waals surface area (Å²) >= 11 is 0. The Bertz CT molecular complexity index is 291. The van der Waals surface area contributed by atoms with Crippen LogP contribution in [0, 0.1) is 5.41 Å². The lowest BCUT2D eigenvalue weighted by molar-refractivity contribution is -0.139. The topological polar surface area (TPSA) is 23.6 Å². The second-order valence-corrected chi connectivity index (χ2v) is 6.25. The molecule has 2 aliphatic rings. The van der Waals surface area contributed by atoms with Crippen molar-refractivity contribution in [1.29, 1.82) is 0 Å². The predicted molar refractivity (Wildman–Crippen MR) is 69.8 cm³/mol. The van der Waals surface area contributed by atoms with Crippen LogP contribution in [0.1, 0.15) is 47.0 Å². The van der Waals surface area contributed by atoms with Gasteiger partial charge in [-0.25, -0.2) is 0 Å². The molecule has 2 fully saturated rings. The molecule has 17 heavy (non-hydrogen) atoms. The lowest BCUT2D eigenvalue weighted by atomic mass is 9.77. The minimum atomic E-state index is -0.00431. The van der Waals surface area contributed by atoms with Crippen molar-refractivity contribution >= 4 is 5.91 Å². The van der Waals surface area contributed by atoms with Crippen LogP contribution >= 0.6 is 0 Å². The number of carbonyl (C=O) groups is 1. The summed E-state index contributed by atoms with van der Waals surface area (Å²) in [5.41, 5.74) is -0.00431. The van der Waals surface area contributed by atoms with Crippen LogP contribution in [0.5, 0.6) is 0 Å². The number of carbonyl (C=O) groups excluding carboxylic acids is 1. The first kappa shape index (κ1) is 12.9. The summed E-state index contributed by atoms with van der Waals surface area (Å²) in [5, 5.41) is 0. The minimum absolute atomic E-state index is 0.00431. The minimum Gasteiger partial charge on any atom is -0.340 e. The first-order valence-corrected chi connectivity index (χ1v) is 7.01.